The summed E-state index contributed by atoms with van der Waals surface area (Å²) in [5, 5.41) is 0.0789. The van der Waals surface area contributed by atoms with E-state index in [9.17, 15) is 8.42 Å². The molecule has 0 aliphatic heterocycles. The largest absolute Gasteiger partial charge is 0.412 e. The molecule has 2 aromatic rings. The highest BCUT2D eigenvalue weighted by Crippen LogP contribution is 2.39. The molecule has 0 radical (unpaired) electrons. The van der Waals surface area contributed by atoms with Crippen molar-refractivity contribution < 1.29 is 17.3 Å². The van der Waals surface area contributed by atoms with E-state index in [1.54, 1.807) is 16.1 Å². The monoisotopic (exact) mass is 565 g/mol. The van der Waals surface area contributed by atoms with Crippen LogP contribution in [0.5, 0.6) is 0 Å². The van der Waals surface area contributed by atoms with Gasteiger partial charge in [-0.3, -0.25) is 0 Å². The van der Waals surface area contributed by atoms with Gasteiger partial charge in [0, 0.05) is 11.3 Å². The summed E-state index contributed by atoms with van der Waals surface area (Å²) in [7, 11) is -7.97. The summed E-state index contributed by atoms with van der Waals surface area (Å²) in [5.74, 6) is 0. The summed E-state index contributed by atoms with van der Waals surface area (Å²) < 4.78 is 43.1. The molecule has 5 nitrogen and oxygen atoms in total. The third kappa shape index (κ3) is 7.47. The van der Waals surface area contributed by atoms with Gasteiger partial charge >= 0.3 is 0 Å². The van der Waals surface area contributed by atoms with Gasteiger partial charge in [0.15, 0.2) is 16.6 Å². The lowest BCUT2D eigenvalue weighted by molar-refractivity contribution is 0.254. The van der Waals surface area contributed by atoms with Gasteiger partial charge in [0.05, 0.1) is 23.8 Å². The van der Waals surface area contributed by atoms with Crippen LogP contribution in [0, 0.1) is 6.92 Å². The molecule has 0 fully saturated rings. The fraction of sp³-hybridized carbons (Fsp3) is 0.655. The summed E-state index contributed by atoms with van der Waals surface area (Å²) in [4.78, 5) is 0.303. The maximum absolute atomic E-state index is 14.1. The molecule has 0 aliphatic carbocycles. The SMILES string of the molecule is CCCCc1cc(CO[Si](C)(C)C(C)(C)C)c(CO[Si](C)(C)C(C)(C)C)n1S(=O)(=O)c1ccc(C)cc1. The number of hydrogen-bond acceptors (Lipinski definition) is 4. The molecule has 0 amide bonds. The minimum Gasteiger partial charge on any atom is -0.412 e. The second-order valence-corrected chi connectivity index (χ2v) is 24.8. The Morgan fingerprint density at radius 1 is 0.838 bits per heavy atom. The molecule has 0 N–H and O–H groups in total. The molecule has 0 atom stereocenters. The minimum atomic E-state index is -3.80. The number of aromatic nitrogens is 1. The quantitative estimate of drug-likeness (QED) is 0.257. The number of nitrogens with zero attached hydrogens (tertiary/aromatic N) is 1. The van der Waals surface area contributed by atoms with E-state index in [2.05, 4.69) is 80.7 Å². The Bertz CT molecular complexity index is 1150. The Hall–Kier alpha value is -1.20. The van der Waals surface area contributed by atoms with Crippen molar-refractivity contribution >= 4 is 26.7 Å². The topological polar surface area (TPSA) is 57.5 Å². The molecule has 210 valence electrons. The lowest BCUT2D eigenvalue weighted by Crippen LogP contribution is -2.41. The van der Waals surface area contributed by atoms with E-state index in [0.717, 1.165) is 29.7 Å². The Morgan fingerprint density at radius 2 is 1.32 bits per heavy atom. The first-order chi connectivity index (χ1) is 16.7. The smallest absolute Gasteiger partial charge is 0.268 e. The van der Waals surface area contributed by atoms with Gasteiger partial charge in [0.2, 0.25) is 0 Å². The molecule has 1 aromatic carbocycles. The van der Waals surface area contributed by atoms with Crippen LogP contribution in [-0.4, -0.2) is 29.0 Å². The molecule has 2 rings (SSSR count). The second kappa shape index (κ2) is 11.5. The van der Waals surface area contributed by atoms with Gasteiger partial charge in [-0.15, -0.1) is 0 Å². The molecule has 37 heavy (non-hydrogen) atoms. The van der Waals surface area contributed by atoms with Crippen LogP contribution < -0.4 is 0 Å². The molecule has 1 heterocycles. The molecule has 0 saturated heterocycles. The van der Waals surface area contributed by atoms with E-state index >= 15 is 0 Å². The second-order valence-electron chi connectivity index (χ2n) is 13.4. The van der Waals surface area contributed by atoms with Crippen LogP contribution in [0.3, 0.4) is 0 Å². The van der Waals surface area contributed by atoms with E-state index in [-0.39, 0.29) is 16.7 Å². The average Bonchev–Trinajstić information content (AvgIpc) is 3.12. The summed E-state index contributed by atoms with van der Waals surface area (Å²) in [5.41, 5.74) is 3.47. The molecule has 8 heteroatoms. The fourth-order valence-corrected chi connectivity index (χ4v) is 6.99. The van der Waals surface area contributed by atoms with Crippen molar-refractivity contribution in [1.82, 2.24) is 3.97 Å². The summed E-state index contributed by atoms with van der Waals surface area (Å²) >= 11 is 0. The van der Waals surface area contributed by atoms with E-state index in [1.165, 1.54) is 0 Å². The van der Waals surface area contributed by atoms with Crippen LogP contribution in [0.1, 0.15) is 83.8 Å². The van der Waals surface area contributed by atoms with Crippen molar-refractivity contribution in [1.29, 1.82) is 0 Å². The number of hydrogen-bond donors (Lipinski definition) is 0. The lowest BCUT2D eigenvalue weighted by Gasteiger charge is -2.37. The third-order valence-electron chi connectivity index (χ3n) is 8.33. The molecule has 0 bridgehead atoms. The number of aryl methyl sites for hydroxylation is 2. The van der Waals surface area contributed by atoms with E-state index < -0.39 is 26.7 Å². The Balaban J connectivity index is 2.70. The Morgan fingerprint density at radius 3 is 1.78 bits per heavy atom. The van der Waals surface area contributed by atoms with Crippen molar-refractivity contribution in [2.24, 2.45) is 0 Å². The van der Waals surface area contributed by atoms with Crippen molar-refractivity contribution in [2.45, 2.75) is 129 Å². The predicted octanol–water partition coefficient (Wildman–Crippen LogP) is 8.42. The molecule has 0 spiro atoms. The van der Waals surface area contributed by atoms with Crippen LogP contribution in [-0.2, 0) is 38.5 Å². The average molecular weight is 566 g/mol. The van der Waals surface area contributed by atoms with Gasteiger partial charge in [-0.25, -0.2) is 12.4 Å². The standard InChI is InChI=1S/C29H51NO4SSi2/c1-13-14-15-25-20-24(21-33-36(9,10)28(3,4)5)27(22-34-37(11,12)29(6,7)8)30(25)35(31,32)26-18-16-23(2)17-19-26/h16-20H,13-15,21-22H2,1-12H3. The van der Waals surface area contributed by atoms with Crippen molar-refractivity contribution in [3.8, 4) is 0 Å². The van der Waals surface area contributed by atoms with E-state index in [4.69, 9.17) is 8.85 Å². The highest BCUT2D eigenvalue weighted by atomic mass is 32.2. The summed E-state index contributed by atoms with van der Waals surface area (Å²) in [6.07, 6.45) is 2.59. The predicted molar refractivity (Wildman–Crippen MR) is 161 cm³/mol. The van der Waals surface area contributed by atoms with Crippen LogP contribution in [0.2, 0.25) is 36.3 Å². The van der Waals surface area contributed by atoms with E-state index in [1.807, 2.05) is 19.1 Å². The fourth-order valence-electron chi connectivity index (χ4n) is 3.51. The zero-order valence-electron chi connectivity index (χ0n) is 25.4. The molecular weight excluding hydrogens is 515 g/mol. The molecule has 1 aromatic heterocycles. The number of rotatable bonds is 11. The van der Waals surface area contributed by atoms with Crippen molar-refractivity contribution in [2.75, 3.05) is 0 Å². The maximum atomic E-state index is 14.1. The Kier molecular flexibility index (Phi) is 9.95. The van der Waals surface area contributed by atoms with Crippen molar-refractivity contribution in [3.63, 3.8) is 0 Å². The van der Waals surface area contributed by atoms with Gasteiger partial charge in [0.1, 0.15) is 0 Å². The first-order valence-electron chi connectivity index (χ1n) is 13.6. The molecule has 0 aliphatic rings. The van der Waals surface area contributed by atoms with Crippen LogP contribution in [0.4, 0.5) is 0 Å². The summed E-state index contributed by atoms with van der Waals surface area (Å²) in [6, 6.07) is 9.18. The first-order valence-corrected chi connectivity index (χ1v) is 20.8. The third-order valence-corrected chi connectivity index (χ3v) is 19.1. The van der Waals surface area contributed by atoms with Gasteiger partial charge in [-0.1, -0.05) is 72.6 Å². The molecule has 0 saturated carbocycles. The highest BCUT2D eigenvalue weighted by Gasteiger charge is 2.39. The first kappa shape index (κ1) is 32.0. The maximum Gasteiger partial charge on any atom is 0.268 e. The normalized spacial score (nSPS) is 13.8. The van der Waals surface area contributed by atoms with Crippen LogP contribution in [0.25, 0.3) is 0 Å². The zero-order chi connectivity index (χ0) is 28.4. The number of benzene rings is 1. The minimum absolute atomic E-state index is 0.0170. The lowest BCUT2D eigenvalue weighted by atomic mass is 10.2. The van der Waals surface area contributed by atoms with Crippen LogP contribution in [0.15, 0.2) is 35.2 Å². The van der Waals surface area contributed by atoms with Crippen molar-refractivity contribution in [3.05, 3.63) is 52.8 Å². The van der Waals surface area contributed by atoms with Crippen LogP contribution >= 0.6 is 0 Å². The van der Waals surface area contributed by atoms with Gasteiger partial charge in [0.25, 0.3) is 10.0 Å². The molecule has 0 unspecified atom stereocenters. The Labute approximate surface area is 229 Å². The van der Waals surface area contributed by atoms with Gasteiger partial charge in [-0.05, 0) is 74.2 Å². The van der Waals surface area contributed by atoms with Gasteiger partial charge < -0.3 is 8.85 Å². The highest BCUT2D eigenvalue weighted by molar-refractivity contribution is 7.90. The zero-order valence-corrected chi connectivity index (χ0v) is 28.2. The van der Waals surface area contributed by atoms with Gasteiger partial charge in [-0.2, -0.15) is 0 Å². The summed E-state index contributed by atoms with van der Waals surface area (Å²) in [6.45, 7) is 26.9. The molecular formula is C29H51NO4SSi2. The number of unbranched alkanes of at least 4 members (excludes halogenated alkanes) is 1. The van der Waals surface area contributed by atoms with E-state index in [0.29, 0.717) is 23.6 Å².